The van der Waals surface area contributed by atoms with Crippen LogP contribution < -0.4 is 15.4 Å². The first kappa shape index (κ1) is 14.2. The summed E-state index contributed by atoms with van der Waals surface area (Å²) in [6.45, 7) is 1.43. The Balaban J connectivity index is 1.68. The topological polar surface area (TPSA) is 87.7 Å². The van der Waals surface area contributed by atoms with E-state index in [0.717, 1.165) is 11.3 Å². The van der Waals surface area contributed by atoms with Crippen LogP contribution in [-0.4, -0.2) is 36.8 Å². The first-order chi connectivity index (χ1) is 9.66. The fraction of sp³-hybridized carbons (Fsp3) is 0.429. The highest BCUT2D eigenvalue weighted by Gasteiger charge is 2.23. The maximum absolute atomic E-state index is 11.5. The van der Waals surface area contributed by atoms with Gasteiger partial charge in [-0.3, -0.25) is 4.79 Å². The van der Waals surface area contributed by atoms with Gasteiger partial charge >= 0.3 is 12.0 Å². The molecule has 0 radical (unpaired) electrons. The highest BCUT2D eigenvalue weighted by Crippen LogP contribution is 2.32. The lowest BCUT2D eigenvalue weighted by Gasteiger charge is -2.11. The minimum Gasteiger partial charge on any atom is -0.493 e. The zero-order valence-electron chi connectivity index (χ0n) is 11.1. The fourth-order valence-electron chi connectivity index (χ4n) is 2.12. The summed E-state index contributed by atoms with van der Waals surface area (Å²) in [5, 5.41) is 13.9. The number of hydrogen-bond donors (Lipinski definition) is 3. The van der Waals surface area contributed by atoms with Crippen molar-refractivity contribution < 1.29 is 19.4 Å². The number of carboxylic acids is 1. The Morgan fingerprint density at radius 1 is 1.30 bits per heavy atom. The molecule has 3 N–H and O–H groups in total. The van der Waals surface area contributed by atoms with E-state index in [4.69, 9.17) is 9.84 Å². The van der Waals surface area contributed by atoms with E-state index in [0.29, 0.717) is 26.1 Å². The SMILES string of the molecule is O=C(O)CCCNC(=O)NCC1COc2ccccc21. The first-order valence-electron chi connectivity index (χ1n) is 6.62. The molecule has 108 valence electrons. The highest BCUT2D eigenvalue weighted by molar-refractivity contribution is 5.74. The Morgan fingerprint density at radius 3 is 2.90 bits per heavy atom. The number of urea groups is 1. The summed E-state index contributed by atoms with van der Waals surface area (Å²) >= 11 is 0. The molecule has 20 heavy (non-hydrogen) atoms. The van der Waals surface area contributed by atoms with Gasteiger partial charge in [-0.2, -0.15) is 0 Å². The lowest BCUT2D eigenvalue weighted by Crippen LogP contribution is -2.38. The van der Waals surface area contributed by atoms with Crippen molar-refractivity contribution in [3.05, 3.63) is 29.8 Å². The number of para-hydroxylation sites is 1. The number of hydrogen-bond acceptors (Lipinski definition) is 3. The van der Waals surface area contributed by atoms with Gasteiger partial charge in [0.1, 0.15) is 5.75 Å². The number of aliphatic carboxylic acids is 1. The predicted octanol–water partition coefficient (Wildman–Crippen LogP) is 1.33. The number of carbonyl (C=O) groups excluding carboxylic acids is 1. The number of ether oxygens (including phenoxy) is 1. The number of fused-ring (bicyclic) bond motifs is 1. The summed E-state index contributed by atoms with van der Waals surface area (Å²) in [4.78, 5) is 21.9. The van der Waals surface area contributed by atoms with Gasteiger partial charge in [0, 0.05) is 31.0 Å². The van der Waals surface area contributed by atoms with Gasteiger partial charge in [-0.25, -0.2) is 4.79 Å². The van der Waals surface area contributed by atoms with Gasteiger partial charge in [0.15, 0.2) is 0 Å². The van der Waals surface area contributed by atoms with E-state index in [-0.39, 0.29) is 18.4 Å². The zero-order chi connectivity index (χ0) is 14.4. The summed E-state index contributed by atoms with van der Waals surface area (Å²) in [6, 6.07) is 7.51. The van der Waals surface area contributed by atoms with E-state index in [1.54, 1.807) is 0 Å². The number of benzene rings is 1. The fourth-order valence-corrected chi connectivity index (χ4v) is 2.12. The van der Waals surface area contributed by atoms with Crippen LogP contribution in [0, 0.1) is 0 Å². The Morgan fingerprint density at radius 2 is 2.10 bits per heavy atom. The van der Waals surface area contributed by atoms with E-state index in [2.05, 4.69) is 10.6 Å². The third-order valence-corrected chi connectivity index (χ3v) is 3.16. The van der Waals surface area contributed by atoms with Crippen molar-refractivity contribution in [1.82, 2.24) is 10.6 Å². The Labute approximate surface area is 117 Å². The van der Waals surface area contributed by atoms with E-state index >= 15 is 0 Å². The molecule has 0 bridgehead atoms. The van der Waals surface area contributed by atoms with Crippen LogP contribution in [0.15, 0.2) is 24.3 Å². The molecule has 2 rings (SSSR count). The summed E-state index contributed by atoms with van der Waals surface area (Å²) in [5.74, 6) is 0.184. The summed E-state index contributed by atoms with van der Waals surface area (Å²) in [5.41, 5.74) is 1.11. The van der Waals surface area contributed by atoms with E-state index < -0.39 is 5.97 Å². The third-order valence-electron chi connectivity index (χ3n) is 3.16. The molecule has 0 fully saturated rings. The number of carbonyl (C=O) groups is 2. The molecule has 1 unspecified atom stereocenters. The molecule has 2 amide bonds. The second-order valence-corrected chi connectivity index (χ2v) is 4.68. The van der Waals surface area contributed by atoms with E-state index in [1.165, 1.54) is 0 Å². The van der Waals surface area contributed by atoms with Crippen LogP contribution in [0.5, 0.6) is 5.75 Å². The summed E-state index contributed by atoms with van der Waals surface area (Å²) < 4.78 is 5.53. The van der Waals surface area contributed by atoms with Gasteiger partial charge in [-0.05, 0) is 12.5 Å². The molecule has 0 aliphatic carbocycles. The Kier molecular flexibility index (Phi) is 4.81. The maximum Gasteiger partial charge on any atom is 0.314 e. The van der Waals surface area contributed by atoms with Crippen molar-refractivity contribution in [2.75, 3.05) is 19.7 Å². The molecular weight excluding hydrogens is 260 g/mol. The van der Waals surface area contributed by atoms with Crippen LogP contribution in [0.3, 0.4) is 0 Å². The average molecular weight is 278 g/mol. The molecule has 1 atom stereocenters. The molecule has 0 saturated heterocycles. The van der Waals surface area contributed by atoms with Crippen molar-refractivity contribution in [2.45, 2.75) is 18.8 Å². The second-order valence-electron chi connectivity index (χ2n) is 4.68. The number of rotatable bonds is 6. The summed E-state index contributed by atoms with van der Waals surface area (Å²) in [7, 11) is 0. The molecule has 1 aliphatic rings. The third kappa shape index (κ3) is 3.88. The van der Waals surface area contributed by atoms with Crippen LogP contribution in [0.1, 0.15) is 24.3 Å². The minimum absolute atomic E-state index is 0.0596. The number of carboxylic acid groups (broad SMARTS) is 1. The molecule has 1 aliphatic heterocycles. The molecule has 6 nitrogen and oxygen atoms in total. The molecule has 1 heterocycles. The lowest BCUT2D eigenvalue weighted by atomic mass is 10.0. The molecule has 0 aromatic heterocycles. The largest absolute Gasteiger partial charge is 0.493 e. The highest BCUT2D eigenvalue weighted by atomic mass is 16.5. The predicted molar refractivity (Wildman–Crippen MR) is 72.9 cm³/mol. The number of nitrogens with one attached hydrogen (secondary N) is 2. The smallest absolute Gasteiger partial charge is 0.314 e. The molecule has 0 saturated carbocycles. The molecule has 1 aromatic carbocycles. The van der Waals surface area contributed by atoms with Gasteiger partial charge in [0.2, 0.25) is 0 Å². The normalized spacial score (nSPS) is 16.1. The van der Waals surface area contributed by atoms with Crippen molar-refractivity contribution in [1.29, 1.82) is 0 Å². The van der Waals surface area contributed by atoms with Gasteiger partial charge in [-0.15, -0.1) is 0 Å². The number of amides is 2. The second kappa shape index (κ2) is 6.79. The lowest BCUT2D eigenvalue weighted by molar-refractivity contribution is -0.137. The van der Waals surface area contributed by atoms with Gasteiger partial charge in [0.05, 0.1) is 6.61 Å². The van der Waals surface area contributed by atoms with Gasteiger partial charge in [0.25, 0.3) is 0 Å². The monoisotopic (exact) mass is 278 g/mol. The quantitative estimate of drug-likeness (QED) is 0.685. The Hall–Kier alpha value is -2.24. The van der Waals surface area contributed by atoms with Crippen LogP contribution in [-0.2, 0) is 4.79 Å². The zero-order valence-corrected chi connectivity index (χ0v) is 11.1. The van der Waals surface area contributed by atoms with Gasteiger partial charge in [-0.1, -0.05) is 18.2 Å². The Bertz CT molecular complexity index is 490. The van der Waals surface area contributed by atoms with Crippen molar-refractivity contribution >= 4 is 12.0 Å². The van der Waals surface area contributed by atoms with Gasteiger partial charge < -0.3 is 20.5 Å². The van der Waals surface area contributed by atoms with Crippen LogP contribution >= 0.6 is 0 Å². The molecule has 0 spiro atoms. The first-order valence-corrected chi connectivity index (χ1v) is 6.62. The van der Waals surface area contributed by atoms with Crippen LogP contribution in [0.25, 0.3) is 0 Å². The maximum atomic E-state index is 11.5. The van der Waals surface area contributed by atoms with E-state index in [9.17, 15) is 9.59 Å². The van der Waals surface area contributed by atoms with Crippen molar-refractivity contribution in [3.63, 3.8) is 0 Å². The summed E-state index contributed by atoms with van der Waals surface area (Å²) in [6.07, 6.45) is 0.488. The molecule has 6 heteroatoms. The van der Waals surface area contributed by atoms with Crippen molar-refractivity contribution in [2.24, 2.45) is 0 Å². The minimum atomic E-state index is -0.855. The van der Waals surface area contributed by atoms with Crippen LogP contribution in [0.4, 0.5) is 4.79 Å². The standard InChI is InChI=1S/C14H18N2O4/c17-13(18)6-3-7-15-14(19)16-8-10-9-20-12-5-2-1-4-11(10)12/h1-2,4-5,10H,3,6-9H2,(H,17,18)(H2,15,16,19). The van der Waals surface area contributed by atoms with E-state index in [1.807, 2.05) is 24.3 Å². The molecule has 1 aromatic rings. The average Bonchev–Trinajstić information content (AvgIpc) is 2.84. The molecular formula is C14H18N2O4. The van der Waals surface area contributed by atoms with Crippen molar-refractivity contribution in [3.8, 4) is 5.75 Å². The van der Waals surface area contributed by atoms with Crippen LogP contribution in [0.2, 0.25) is 0 Å².